The second-order valence-electron chi connectivity index (χ2n) is 4.35. The van der Waals surface area contributed by atoms with E-state index in [9.17, 15) is 14.4 Å². The molecular weight excluding hydrogens is 226 g/mol. The summed E-state index contributed by atoms with van der Waals surface area (Å²) in [5.41, 5.74) is 5.61. The third-order valence-corrected chi connectivity index (χ3v) is 2.24. The Kier molecular flexibility index (Phi) is 4.45. The van der Waals surface area contributed by atoms with E-state index in [1.54, 1.807) is 0 Å². The normalized spacial score (nSPS) is 18.0. The van der Waals surface area contributed by atoms with Crippen LogP contribution in [0, 0.1) is 5.92 Å². The van der Waals surface area contributed by atoms with E-state index in [0.29, 0.717) is 6.42 Å². The monoisotopic (exact) mass is 243 g/mol. The van der Waals surface area contributed by atoms with Crippen LogP contribution in [0.25, 0.3) is 0 Å². The van der Waals surface area contributed by atoms with E-state index in [2.05, 4.69) is 0 Å². The van der Waals surface area contributed by atoms with E-state index < -0.39 is 18.0 Å². The van der Waals surface area contributed by atoms with Crippen molar-refractivity contribution in [3.05, 3.63) is 0 Å². The first-order chi connectivity index (χ1) is 7.90. The van der Waals surface area contributed by atoms with Crippen LogP contribution in [0.1, 0.15) is 26.7 Å². The predicted octanol–water partition coefficient (Wildman–Crippen LogP) is -0.240. The molecule has 0 radical (unpaired) electrons. The SMILES string of the molecule is CC(C)C[C@H](N)C(=O)ON1CCC(=O)NC1=O. The molecule has 17 heavy (non-hydrogen) atoms. The molecule has 0 aromatic heterocycles. The van der Waals surface area contributed by atoms with Gasteiger partial charge < -0.3 is 10.6 Å². The van der Waals surface area contributed by atoms with E-state index in [1.165, 1.54) is 0 Å². The fraction of sp³-hybridized carbons (Fsp3) is 0.700. The number of nitrogens with one attached hydrogen (secondary N) is 1. The molecule has 0 bridgehead atoms. The minimum atomic E-state index is -0.763. The van der Waals surface area contributed by atoms with E-state index in [-0.39, 0.29) is 24.8 Å². The van der Waals surface area contributed by atoms with Gasteiger partial charge in [0.1, 0.15) is 6.04 Å². The first-order valence-electron chi connectivity index (χ1n) is 5.49. The summed E-state index contributed by atoms with van der Waals surface area (Å²) < 4.78 is 0. The van der Waals surface area contributed by atoms with Gasteiger partial charge in [-0.05, 0) is 12.3 Å². The van der Waals surface area contributed by atoms with Crippen LogP contribution in [0.15, 0.2) is 0 Å². The number of imide groups is 1. The van der Waals surface area contributed by atoms with Crippen molar-refractivity contribution in [2.75, 3.05) is 6.54 Å². The van der Waals surface area contributed by atoms with Gasteiger partial charge in [0.2, 0.25) is 5.91 Å². The topological polar surface area (TPSA) is 102 Å². The summed E-state index contributed by atoms with van der Waals surface area (Å²) in [5.74, 6) is -0.786. The molecule has 1 fully saturated rings. The summed E-state index contributed by atoms with van der Waals surface area (Å²) in [6.45, 7) is 3.92. The minimum Gasteiger partial charge on any atom is -0.335 e. The zero-order valence-electron chi connectivity index (χ0n) is 9.93. The molecule has 0 spiro atoms. The van der Waals surface area contributed by atoms with Crippen molar-refractivity contribution in [3.63, 3.8) is 0 Å². The molecule has 0 aromatic carbocycles. The molecule has 7 nitrogen and oxygen atoms in total. The zero-order valence-corrected chi connectivity index (χ0v) is 9.93. The molecule has 3 amide bonds. The van der Waals surface area contributed by atoms with E-state index in [4.69, 9.17) is 10.6 Å². The second kappa shape index (κ2) is 5.62. The molecule has 0 unspecified atom stereocenters. The van der Waals surface area contributed by atoms with Crippen molar-refractivity contribution in [1.82, 2.24) is 10.4 Å². The Bertz CT molecular complexity index is 330. The highest BCUT2D eigenvalue weighted by Crippen LogP contribution is 2.07. The van der Waals surface area contributed by atoms with Gasteiger partial charge in [-0.1, -0.05) is 13.8 Å². The zero-order chi connectivity index (χ0) is 13.0. The highest BCUT2D eigenvalue weighted by molar-refractivity contribution is 5.96. The lowest BCUT2D eigenvalue weighted by atomic mass is 10.1. The Morgan fingerprint density at radius 1 is 1.53 bits per heavy atom. The molecule has 3 N–H and O–H groups in total. The standard InChI is InChI=1S/C10H17N3O4/c1-6(2)5-7(11)9(15)17-13-4-3-8(14)12-10(13)16/h6-7H,3-5,11H2,1-2H3,(H,12,14,16)/t7-/m0/s1. The molecule has 0 aromatic rings. The molecule has 7 heteroatoms. The lowest BCUT2D eigenvalue weighted by molar-refractivity contribution is -0.181. The van der Waals surface area contributed by atoms with E-state index >= 15 is 0 Å². The summed E-state index contributed by atoms with van der Waals surface area (Å²) in [6.07, 6.45) is 0.589. The number of hydrogen-bond acceptors (Lipinski definition) is 5. The molecular formula is C10H17N3O4. The fourth-order valence-corrected chi connectivity index (χ4v) is 1.42. The van der Waals surface area contributed by atoms with Crippen molar-refractivity contribution in [2.45, 2.75) is 32.7 Å². The maximum Gasteiger partial charge on any atom is 0.357 e. The van der Waals surface area contributed by atoms with E-state index in [0.717, 1.165) is 5.06 Å². The van der Waals surface area contributed by atoms with Gasteiger partial charge in [0.05, 0.1) is 6.54 Å². The van der Waals surface area contributed by atoms with Gasteiger partial charge in [-0.2, -0.15) is 5.06 Å². The predicted molar refractivity (Wildman–Crippen MR) is 58.4 cm³/mol. The first kappa shape index (κ1) is 13.4. The van der Waals surface area contributed by atoms with Crippen LogP contribution >= 0.6 is 0 Å². The van der Waals surface area contributed by atoms with Crippen LogP contribution in [-0.4, -0.2) is 35.6 Å². The summed E-state index contributed by atoms with van der Waals surface area (Å²) >= 11 is 0. The van der Waals surface area contributed by atoms with E-state index in [1.807, 2.05) is 19.2 Å². The number of urea groups is 1. The van der Waals surface area contributed by atoms with Gasteiger partial charge in [-0.25, -0.2) is 9.59 Å². The van der Waals surface area contributed by atoms with Crippen LogP contribution in [-0.2, 0) is 14.4 Å². The van der Waals surface area contributed by atoms with Gasteiger partial charge in [0.25, 0.3) is 0 Å². The summed E-state index contributed by atoms with van der Waals surface area (Å²) in [6, 6.07) is -1.49. The molecule has 1 atom stereocenters. The number of carbonyl (C=O) groups excluding carboxylic acids is 3. The second-order valence-corrected chi connectivity index (χ2v) is 4.35. The summed E-state index contributed by atoms with van der Waals surface area (Å²) in [5, 5.41) is 2.87. The number of hydrogen-bond donors (Lipinski definition) is 2. The van der Waals surface area contributed by atoms with Crippen molar-refractivity contribution < 1.29 is 19.2 Å². The van der Waals surface area contributed by atoms with Crippen molar-refractivity contribution >= 4 is 17.9 Å². The lowest BCUT2D eigenvalue weighted by Crippen LogP contribution is -2.51. The Labute approximate surface area is 99.2 Å². The van der Waals surface area contributed by atoms with Crippen LogP contribution in [0.2, 0.25) is 0 Å². The third kappa shape index (κ3) is 4.03. The Hall–Kier alpha value is -1.63. The quantitative estimate of drug-likeness (QED) is 0.709. The maximum absolute atomic E-state index is 11.5. The number of hydroxylamine groups is 2. The van der Waals surface area contributed by atoms with Crippen LogP contribution in [0.4, 0.5) is 4.79 Å². The molecule has 1 saturated heterocycles. The van der Waals surface area contributed by atoms with Gasteiger partial charge in [0.15, 0.2) is 0 Å². The van der Waals surface area contributed by atoms with Crippen molar-refractivity contribution in [2.24, 2.45) is 11.7 Å². The molecule has 96 valence electrons. The van der Waals surface area contributed by atoms with Gasteiger partial charge >= 0.3 is 12.0 Å². The first-order valence-corrected chi connectivity index (χ1v) is 5.49. The molecule has 1 rings (SSSR count). The fourth-order valence-electron chi connectivity index (χ4n) is 1.42. The largest absolute Gasteiger partial charge is 0.357 e. The maximum atomic E-state index is 11.5. The average molecular weight is 243 g/mol. The van der Waals surface area contributed by atoms with Gasteiger partial charge in [-0.15, -0.1) is 0 Å². The number of carbonyl (C=O) groups is 3. The highest BCUT2D eigenvalue weighted by Gasteiger charge is 2.28. The number of nitrogens with two attached hydrogens (primary N) is 1. The summed E-state index contributed by atoms with van der Waals surface area (Å²) in [4.78, 5) is 38.5. The van der Waals surface area contributed by atoms with Gasteiger partial charge in [-0.3, -0.25) is 10.1 Å². The minimum absolute atomic E-state index is 0.0603. The van der Waals surface area contributed by atoms with Crippen LogP contribution in [0.3, 0.4) is 0 Å². The Morgan fingerprint density at radius 3 is 2.71 bits per heavy atom. The summed E-state index contributed by atoms with van der Waals surface area (Å²) in [7, 11) is 0. The molecule has 1 aliphatic heterocycles. The number of amides is 3. The molecule has 1 heterocycles. The van der Waals surface area contributed by atoms with Crippen LogP contribution in [0.5, 0.6) is 0 Å². The van der Waals surface area contributed by atoms with Crippen molar-refractivity contribution in [1.29, 1.82) is 0 Å². The molecule has 1 aliphatic rings. The highest BCUT2D eigenvalue weighted by atomic mass is 16.7. The third-order valence-electron chi connectivity index (χ3n) is 2.24. The lowest BCUT2D eigenvalue weighted by Gasteiger charge is -2.25. The smallest absolute Gasteiger partial charge is 0.335 e. The van der Waals surface area contributed by atoms with Gasteiger partial charge in [0, 0.05) is 6.42 Å². The van der Waals surface area contributed by atoms with Crippen LogP contribution < -0.4 is 11.1 Å². The molecule has 0 saturated carbocycles. The molecule has 0 aliphatic carbocycles. The number of nitrogens with zero attached hydrogens (tertiary/aromatic N) is 1. The average Bonchev–Trinajstić information content (AvgIpc) is 2.21. The number of rotatable bonds is 4. The Balaban J connectivity index is 2.45. The van der Waals surface area contributed by atoms with Crippen molar-refractivity contribution in [3.8, 4) is 0 Å². The Morgan fingerprint density at radius 2 is 2.18 bits per heavy atom.